The molecule has 2 N–H and O–H groups in total. The summed E-state index contributed by atoms with van der Waals surface area (Å²) in [6.07, 6.45) is 9.38. The van der Waals surface area contributed by atoms with Crippen LogP contribution in [0.1, 0.15) is 66.9 Å². The lowest BCUT2D eigenvalue weighted by Gasteiger charge is -2.12. The van der Waals surface area contributed by atoms with Crippen LogP contribution in [0, 0.1) is 0 Å². The number of unbranched alkanes of at least 4 members (excludes halogenated alkanes) is 5. The highest BCUT2D eigenvalue weighted by Crippen LogP contribution is 2.57. The third-order valence-corrected chi connectivity index (χ3v) is 6.53. The molecule has 32 heavy (non-hydrogen) atoms. The van der Waals surface area contributed by atoms with Gasteiger partial charge in [-0.25, -0.2) is 0 Å². The predicted octanol–water partition coefficient (Wildman–Crippen LogP) is 6.26. The summed E-state index contributed by atoms with van der Waals surface area (Å²) in [5.41, 5.74) is 9.40. The van der Waals surface area contributed by atoms with E-state index in [0.29, 0.717) is 0 Å². The van der Waals surface area contributed by atoms with Crippen molar-refractivity contribution in [1.29, 1.82) is 0 Å². The van der Waals surface area contributed by atoms with E-state index < -0.39 is 11.5 Å². The predicted molar refractivity (Wildman–Crippen MR) is 129 cm³/mol. The molecule has 3 aromatic carbocycles. The molecule has 1 aliphatic heterocycles. The fraction of sp³-hybridized carbons (Fsp3) is 0.345. The van der Waals surface area contributed by atoms with Gasteiger partial charge in [-0.15, -0.1) is 0 Å². The summed E-state index contributed by atoms with van der Waals surface area (Å²) in [5.74, 6) is -0.418. The van der Waals surface area contributed by atoms with Crippen LogP contribution in [0.5, 0.6) is 0 Å². The van der Waals surface area contributed by atoms with Crippen molar-refractivity contribution in [3.8, 4) is 0 Å². The van der Waals surface area contributed by atoms with Crippen LogP contribution in [0.4, 0.5) is 0 Å². The summed E-state index contributed by atoms with van der Waals surface area (Å²) in [6, 6.07) is 28.7. The van der Waals surface area contributed by atoms with Gasteiger partial charge in [0.1, 0.15) is 6.10 Å². The number of nitrogens with two attached hydrogens (primary N) is 1. The van der Waals surface area contributed by atoms with Crippen LogP contribution in [-0.2, 0) is 28.0 Å². The Kier molecular flexibility index (Phi) is 7.39. The van der Waals surface area contributed by atoms with Crippen LogP contribution in [-0.4, -0.2) is 5.91 Å². The quantitative estimate of drug-likeness (QED) is 0.274. The molecule has 0 spiro atoms. The highest BCUT2D eigenvalue weighted by molar-refractivity contribution is 5.89. The summed E-state index contributed by atoms with van der Waals surface area (Å²) < 4.78 is 6.01. The Balaban J connectivity index is 1.25. The molecule has 2 atom stereocenters. The van der Waals surface area contributed by atoms with Gasteiger partial charge >= 0.3 is 0 Å². The number of primary amides is 1. The fourth-order valence-electron chi connectivity index (χ4n) is 4.68. The third-order valence-electron chi connectivity index (χ3n) is 6.53. The number of benzene rings is 3. The maximum atomic E-state index is 12.4. The number of carbonyl (C=O) groups is 1. The van der Waals surface area contributed by atoms with E-state index in [2.05, 4.69) is 48.5 Å². The van der Waals surface area contributed by atoms with Crippen LogP contribution in [0.2, 0.25) is 0 Å². The Bertz CT molecular complexity index is 1000. The Morgan fingerprint density at radius 1 is 0.719 bits per heavy atom. The maximum Gasteiger partial charge on any atom is 0.257 e. The smallest absolute Gasteiger partial charge is 0.257 e. The highest BCUT2D eigenvalue weighted by Gasteiger charge is 2.63. The van der Waals surface area contributed by atoms with Crippen LogP contribution >= 0.6 is 0 Å². The first-order chi connectivity index (χ1) is 15.7. The number of hydrogen-bond donors (Lipinski definition) is 1. The Hall–Kier alpha value is -2.91. The minimum atomic E-state index is -1.03. The Morgan fingerprint density at radius 2 is 1.28 bits per heavy atom. The summed E-state index contributed by atoms with van der Waals surface area (Å²) in [5, 5.41) is 0. The number of hydrogen-bond acceptors (Lipinski definition) is 2. The SMILES string of the molecule is NC(=O)C1(c2ccccc2)OC1c1ccccc1CCCCCCCCc1ccccc1. The van der Waals surface area contributed by atoms with Gasteiger partial charge in [0, 0.05) is 0 Å². The average molecular weight is 428 g/mol. The molecule has 2 unspecified atom stereocenters. The van der Waals surface area contributed by atoms with Gasteiger partial charge in [-0.1, -0.05) is 111 Å². The number of ether oxygens (including phenoxy) is 1. The van der Waals surface area contributed by atoms with Crippen LogP contribution < -0.4 is 5.73 Å². The van der Waals surface area contributed by atoms with Crippen molar-refractivity contribution in [2.45, 2.75) is 63.1 Å². The van der Waals surface area contributed by atoms with E-state index in [-0.39, 0.29) is 6.10 Å². The van der Waals surface area contributed by atoms with E-state index in [1.165, 1.54) is 49.7 Å². The lowest BCUT2D eigenvalue weighted by Crippen LogP contribution is -2.30. The molecule has 3 aromatic rings. The van der Waals surface area contributed by atoms with Gasteiger partial charge in [0.25, 0.3) is 5.91 Å². The van der Waals surface area contributed by atoms with Crippen molar-refractivity contribution in [3.63, 3.8) is 0 Å². The summed E-state index contributed by atoms with van der Waals surface area (Å²) in [6.45, 7) is 0. The van der Waals surface area contributed by atoms with Crippen molar-refractivity contribution in [2.75, 3.05) is 0 Å². The first-order valence-corrected chi connectivity index (χ1v) is 11.9. The van der Waals surface area contributed by atoms with Gasteiger partial charge in [0.2, 0.25) is 5.60 Å². The molecule has 166 valence electrons. The molecule has 1 saturated heterocycles. The second-order valence-electron chi connectivity index (χ2n) is 8.77. The molecular weight excluding hydrogens is 394 g/mol. The summed E-state index contributed by atoms with van der Waals surface area (Å²) in [4.78, 5) is 12.4. The van der Waals surface area contributed by atoms with E-state index in [1.54, 1.807) is 0 Å². The molecule has 1 fully saturated rings. The molecule has 3 nitrogen and oxygen atoms in total. The van der Waals surface area contributed by atoms with Crippen molar-refractivity contribution in [3.05, 3.63) is 107 Å². The third kappa shape index (κ3) is 5.11. The lowest BCUT2D eigenvalue weighted by atomic mass is 9.88. The molecule has 1 amide bonds. The zero-order chi connectivity index (χ0) is 22.2. The molecule has 0 radical (unpaired) electrons. The molecule has 3 heteroatoms. The minimum absolute atomic E-state index is 0.295. The second kappa shape index (κ2) is 10.6. The van der Waals surface area contributed by atoms with E-state index in [1.807, 2.05) is 36.4 Å². The average Bonchev–Trinajstić information content (AvgIpc) is 3.59. The summed E-state index contributed by atoms with van der Waals surface area (Å²) >= 11 is 0. The van der Waals surface area contributed by atoms with Crippen LogP contribution in [0.3, 0.4) is 0 Å². The number of aryl methyl sites for hydroxylation is 2. The van der Waals surface area contributed by atoms with Crippen LogP contribution in [0.15, 0.2) is 84.9 Å². The molecular formula is C29H33NO2. The minimum Gasteiger partial charge on any atom is -0.367 e. The number of amides is 1. The maximum absolute atomic E-state index is 12.4. The number of epoxide rings is 1. The Morgan fingerprint density at radius 3 is 1.97 bits per heavy atom. The standard InChI is InChI=1S/C29H33NO2/c30-28(31)29(25-20-11-6-12-21-25)27(32-29)26-22-14-13-19-24(26)18-10-4-2-1-3-7-15-23-16-8-5-9-17-23/h5-6,8-9,11-14,16-17,19-22,27H,1-4,7,10,15,18H2,(H2,30,31). The molecule has 4 rings (SSSR count). The van der Waals surface area contributed by atoms with Crippen LogP contribution in [0.25, 0.3) is 0 Å². The topological polar surface area (TPSA) is 55.6 Å². The number of carbonyl (C=O) groups excluding carboxylic acids is 1. The fourth-order valence-corrected chi connectivity index (χ4v) is 4.68. The Labute approximate surface area is 191 Å². The molecule has 0 bridgehead atoms. The van der Waals surface area contributed by atoms with E-state index in [4.69, 9.17) is 10.5 Å². The molecule has 0 saturated carbocycles. The van der Waals surface area contributed by atoms with Gasteiger partial charge in [0.05, 0.1) is 0 Å². The van der Waals surface area contributed by atoms with E-state index in [0.717, 1.165) is 24.0 Å². The van der Waals surface area contributed by atoms with Crippen molar-refractivity contribution >= 4 is 5.91 Å². The summed E-state index contributed by atoms with van der Waals surface area (Å²) in [7, 11) is 0. The zero-order valence-electron chi connectivity index (χ0n) is 18.7. The van der Waals surface area contributed by atoms with E-state index >= 15 is 0 Å². The monoisotopic (exact) mass is 427 g/mol. The first-order valence-electron chi connectivity index (χ1n) is 11.9. The van der Waals surface area contributed by atoms with Gasteiger partial charge in [0.15, 0.2) is 0 Å². The van der Waals surface area contributed by atoms with E-state index in [9.17, 15) is 4.79 Å². The van der Waals surface area contributed by atoms with Gasteiger partial charge in [-0.05, 0) is 47.9 Å². The van der Waals surface area contributed by atoms with Gasteiger partial charge in [-0.2, -0.15) is 0 Å². The highest BCUT2D eigenvalue weighted by atomic mass is 16.6. The lowest BCUT2D eigenvalue weighted by molar-refractivity contribution is -0.123. The largest absolute Gasteiger partial charge is 0.367 e. The van der Waals surface area contributed by atoms with Crippen molar-refractivity contribution < 1.29 is 9.53 Å². The number of rotatable bonds is 12. The van der Waals surface area contributed by atoms with Crippen molar-refractivity contribution in [2.24, 2.45) is 5.73 Å². The first kappa shape index (κ1) is 22.3. The van der Waals surface area contributed by atoms with Gasteiger partial charge in [-0.3, -0.25) is 4.79 Å². The molecule has 0 aliphatic carbocycles. The zero-order valence-corrected chi connectivity index (χ0v) is 18.7. The van der Waals surface area contributed by atoms with Crippen molar-refractivity contribution in [1.82, 2.24) is 0 Å². The molecule has 1 heterocycles. The molecule has 1 aliphatic rings. The van der Waals surface area contributed by atoms with Gasteiger partial charge < -0.3 is 10.5 Å². The normalized spacial score (nSPS) is 19.6. The second-order valence-corrected chi connectivity index (χ2v) is 8.77. The molecule has 0 aromatic heterocycles.